The normalized spacial score (nSPS) is 13.9. The molecule has 0 saturated heterocycles. The predicted molar refractivity (Wildman–Crippen MR) is 104 cm³/mol. The number of aromatic nitrogens is 1. The monoisotopic (exact) mass is 418 g/mol. The third kappa shape index (κ3) is 4.16. The van der Waals surface area contributed by atoms with Crippen LogP contribution in [0.1, 0.15) is 23.1 Å². The zero-order chi connectivity index (χ0) is 18.7. The van der Waals surface area contributed by atoms with E-state index in [4.69, 9.17) is 0 Å². The van der Waals surface area contributed by atoms with Gasteiger partial charge in [-0.25, -0.2) is 14.4 Å². The smallest absolute Gasteiger partial charge is 0.155 e. The second-order valence-corrected chi connectivity index (χ2v) is 7.40. The van der Waals surface area contributed by atoms with Crippen molar-refractivity contribution >= 4 is 33.2 Å². The van der Waals surface area contributed by atoms with Crippen molar-refractivity contribution in [1.82, 2.24) is 9.88 Å². The van der Waals surface area contributed by atoms with Crippen LogP contribution < -0.4 is 0 Å². The molecule has 26 heavy (non-hydrogen) atoms. The quantitative estimate of drug-likeness (QED) is 0.438. The average Bonchev–Trinajstić information content (AvgIpc) is 3.04. The fraction of sp³-hybridized carbons (Fsp3) is 0.316. The highest BCUT2D eigenvalue weighted by Crippen LogP contribution is 2.29. The van der Waals surface area contributed by atoms with Gasteiger partial charge in [0, 0.05) is 42.4 Å². The van der Waals surface area contributed by atoms with E-state index in [1.54, 1.807) is 18.3 Å². The molecule has 3 rings (SSSR count). The topological polar surface area (TPSA) is 61.1 Å². The fourth-order valence-electron chi connectivity index (χ4n) is 2.94. The van der Waals surface area contributed by atoms with Crippen molar-refractivity contribution in [2.24, 2.45) is 10.1 Å². The van der Waals surface area contributed by atoms with Gasteiger partial charge < -0.3 is 10.1 Å². The molecule has 136 valence electrons. The molecule has 1 aromatic carbocycles. The van der Waals surface area contributed by atoms with Gasteiger partial charge >= 0.3 is 0 Å². The summed E-state index contributed by atoms with van der Waals surface area (Å²) in [5, 5.41) is 13.1. The first-order valence-electron chi connectivity index (χ1n) is 8.32. The molecule has 0 bridgehead atoms. The van der Waals surface area contributed by atoms with Gasteiger partial charge in [-0.1, -0.05) is 11.2 Å². The van der Waals surface area contributed by atoms with E-state index in [1.165, 1.54) is 6.07 Å². The predicted octanol–water partition coefficient (Wildman–Crippen LogP) is 3.98. The number of fused-ring (bicyclic) bond motifs is 1. The Morgan fingerprint density at radius 1 is 1.35 bits per heavy atom. The molecule has 2 aromatic rings. The number of nitrogens with zero attached hydrogens (tertiary/aromatic N) is 4. The van der Waals surface area contributed by atoms with Gasteiger partial charge in [0.1, 0.15) is 5.82 Å². The molecule has 5 nitrogen and oxygen atoms in total. The van der Waals surface area contributed by atoms with E-state index < -0.39 is 0 Å². The summed E-state index contributed by atoms with van der Waals surface area (Å²) in [6.45, 7) is 0.923. The Bertz CT molecular complexity index is 880. The zero-order valence-corrected chi connectivity index (χ0v) is 16.3. The van der Waals surface area contributed by atoms with Gasteiger partial charge in [0.05, 0.1) is 10.2 Å². The molecule has 1 aromatic heterocycles. The minimum atomic E-state index is -0.319. The van der Waals surface area contributed by atoms with Crippen LogP contribution in [0.4, 0.5) is 10.2 Å². The third-order valence-electron chi connectivity index (χ3n) is 4.31. The zero-order valence-electron chi connectivity index (χ0n) is 14.7. The van der Waals surface area contributed by atoms with Crippen molar-refractivity contribution in [1.29, 1.82) is 0 Å². The molecule has 0 aliphatic carbocycles. The number of pyridine rings is 1. The molecular formula is C19H20BrFN4O. The summed E-state index contributed by atoms with van der Waals surface area (Å²) < 4.78 is 13.8. The van der Waals surface area contributed by atoms with Crippen molar-refractivity contribution in [3.05, 3.63) is 57.4 Å². The van der Waals surface area contributed by atoms with Gasteiger partial charge in [-0.3, -0.25) is 0 Å². The summed E-state index contributed by atoms with van der Waals surface area (Å²) in [7, 11) is 4.06. The minimum absolute atomic E-state index is 0.319. The van der Waals surface area contributed by atoms with E-state index in [0.29, 0.717) is 28.8 Å². The van der Waals surface area contributed by atoms with E-state index >= 15 is 0 Å². The highest BCUT2D eigenvalue weighted by Gasteiger charge is 2.22. The Hall–Kier alpha value is -2.12. The van der Waals surface area contributed by atoms with Gasteiger partial charge in [-0.15, -0.1) is 0 Å². The van der Waals surface area contributed by atoms with Crippen LogP contribution >= 0.6 is 15.9 Å². The molecule has 0 spiro atoms. The van der Waals surface area contributed by atoms with Crippen molar-refractivity contribution < 1.29 is 9.60 Å². The number of hydrogen-bond donors (Lipinski definition) is 1. The Labute approximate surface area is 160 Å². The lowest BCUT2D eigenvalue weighted by Gasteiger charge is -2.11. The molecule has 0 amide bonds. The molecule has 0 saturated carbocycles. The lowest BCUT2D eigenvalue weighted by atomic mass is 9.96. The van der Waals surface area contributed by atoms with Crippen LogP contribution in [-0.2, 0) is 12.8 Å². The Morgan fingerprint density at radius 3 is 2.85 bits per heavy atom. The maximum atomic E-state index is 13.4. The molecular weight excluding hydrogens is 399 g/mol. The number of rotatable bonds is 6. The lowest BCUT2D eigenvalue weighted by molar-refractivity contribution is 0.318. The summed E-state index contributed by atoms with van der Waals surface area (Å²) in [4.78, 5) is 11.1. The first-order chi connectivity index (χ1) is 12.5. The largest absolute Gasteiger partial charge is 0.411 e. The Morgan fingerprint density at radius 2 is 2.15 bits per heavy atom. The summed E-state index contributed by atoms with van der Waals surface area (Å²) in [5.41, 5.74) is 4.27. The molecule has 7 heteroatoms. The third-order valence-corrected chi connectivity index (χ3v) is 4.92. The van der Waals surface area contributed by atoms with Crippen LogP contribution in [0.15, 0.2) is 45.1 Å². The molecule has 0 fully saturated rings. The van der Waals surface area contributed by atoms with Crippen LogP contribution in [0.3, 0.4) is 0 Å². The van der Waals surface area contributed by atoms with Crippen molar-refractivity contribution in [2.75, 3.05) is 20.6 Å². The molecule has 1 aliphatic heterocycles. The van der Waals surface area contributed by atoms with E-state index in [9.17, 15) is 9.60 Å². The first-order valence-corrected chi connectivity index (χ1v) is 9.11. The van der Waals surface area contributed by atoms with Gasteiger partial charge in [-0.2, -0.15) is 0 Å². The number of aliphatic imine (C=N–C) groups is 1. The van der Waals surface area contributed by atoms with Crippen molar-refractivity contribution in [2.45, 2.75) is 19.3 Å². The first kappa shape index (κ1) is 18.7. The maximum Gasteiger partial charge on any atom is 0.155 e. The number of benzene rings is 1. The molecule has 0 atom stereocenters. The van der Waals surface area contributed by atoms with E-state index in [1.807, 2.05) is 20.2 Å². The van der Waals surface area contributed by atoms with Gasteiger partial charge in [-0.05, 0) is 60.2 Å². The van der Waals surface area contributed by atoms with Crippen molar-refractivity contribution in [3.8, 4) is 0 Å². The SMILES string of the molecule is CN(C)CCC1=Nc2nccc(/C(Cc3ccc(F)c(Br)c3)=N/O)c2C1. The molecule has 0 radical (unpaired) electrons. The highest BCUT2D eigenvalue weighted by molar-refractivity contribution is 9.10. The van der Waals surface area contributed by atoms with Crippen molar-refractivity contribution in [3.63, 3.8) is 0 Å². The van der Waals surface area contributed by atoms with Crippen LogP contribution in [0.2, 0.25) is 0 Å². The molecule has 0 unspecified atom stereocenters. The number of halogens is 2. The summed E-state index contributed by atoms with van der Waals surface area (Å²) >= 11 is 3.19. The molecule has 2 heterocycles. The standard InChI is InChI=1S/C19H20BrFN4O/c1-25(2)8-6-13-11-15-14(5-7-22-19(15)23-13)18(24-26)10-12-3-4-17(21)16(20)9-12/h3-5,7,9,26H,6,8,10-11H2,1-2H3/b24-18+. The van der Waals surface area contributed by atoms with E-state index in [0.717, 1.165) is 35.4 Å². The average molecular weight is 419 g/mol. The molecule has 1 N–H and O–H groups in total. The minimum Gasteiger partial charge on any atom is -0.411 e. The Kier molecular flexibility index (Phi) is 5.78. The van der Waals surface area contributed by atoms with Crippen LogP contribution in [0.5, 0.6) is 0 Å². The van der Waals surface area contributed by atoms with Gasteiger partial charge in [0.25, 0.3) is 0 Å². The van der Waals surface area contributed by atoms with Gasteiger partial charge in [0.2, 0.25) is 0 Å². The summed E-state index contributed by atoms with van der Waals surface area (Å²) in [5.74, 6) is 0.373. The lowest BCUT2D eigenvalue weighted by Crippen LogP contribution is -2.17. The number of hydrogen-bond acceptors (Lipinski definition) is 5. The van der Waals surface area contributed by atoms with E-state index in [-0.39, 0.29) is 5.82 Å². The highest BCUT2D eigenvalue weighted by atomic mass is 79.9. The maximum absolute atomic E-state index is 13.4. The van der Waals surface area contributed by atoms with Crippen LogP contribution in [0.25, 0.3) is 0 Å². The Balaban J connectivity index is 1.82. The molecule has 1 aliphatic rings. The van der Waals surface area contributed by atoms with Gasteiger partial charge in [0.15, 0.2) is 5.82 Å². The van der Waals surface area contributed by atoms with Crippen LogP contribution in [0, 0.1) is 5.82 Å². The number of oxime groups is 1. The summed E-state index contributed by atoms with van der Waals surface area (Å²) in [6, 6.07) is 6.62. The summed E-state index contributed by atoms with van der Waals surface area (Å²) in [6.07, 6.45) is 3.65. The fourth-order valence-corrected chi connectivity index (χ4v) is 3.37. The second kappa shape index (κ2) is 8.05. The van der Waals surface area contributed by atoms with Crippen LogP contribution in [-0.4, -0.2) is 47.2 Å². The van der Waals surface area contributed by atoms with E-state index in [2.05, 4.69) is 36.0 Å². The second-order valence-electron chi connectivity index (χ2n) is 6.54.